The molecule has 0 aliphatic rings. The Morgan fingerprint density at radius 3 is 2.44 bits per heavy atom. The van der Waals surface area contributed by atoms with Gasteiger partial charge in [0.25, 0.3) is 0 Å². The Morgan fingerprint density at radius 2 is 1.94 bits per heavy atom. The summed E-state index contributed by atoms with van der Waals surface area (Å²) >= 11 is 4.04. The Labute approximate surface area is 131 Å². The van der Waals surface area contributed by atoms with E-state index in [1.807, 2.05) is 45.2 Å². The molecule has 3 N–H and O–H groups in total. The molecule has 0 saturated carbocycles. The maximum absolute atomic E-state index is 11.0. The molecule has 1 aromatic carbocycles. The first-order valence-corrected chi connectivity index (χ1v) is 7.14. The van der Waals surface area contributed by atoms with Crippen molar-refractivity contribution in [1.82, 2.24) is 5.32 Å². The molecule has 0 aromatic heterocycles. The second-order valence-corrected chi connectivity index (χ2v) is 5.82. The molecule has 18 heavy (non-hydrogen) atoms. The zero-order valence-corrected chi connectivity index (χ0v) is 13.7. The molecule has 98 valence electrons. The fourth-order valence-corrected chi connectivity index (χ4v) is 2.60. The number of phenols is 1. The lowest BCUT2D eigenvalue weighted by Crippen LogP contribution is -2.41. The molecular weight excluding hydrogens is 464 g/mol. The average Bonchev–Trinajstić information content (AvgIpc) is 2.28. The maximum Gasteiger partial charge on any atom is 0.326 e. The lowest BCUT2D eigenvalue weighted by atomic mass is 10.1. The molecule has 7 heteroatoms. The van der Waals surface area contributed by atoms with Gasteiger partial charge in [-0.15, -0.1) is 0 Å². The summed E-state index contributed by atoms with van der Waals surface area (Å²) < 4.78 is 1.47. The Morgan fingerprint density at radius 1 is 1.33 bits per heavy atom. The van der Waals surface area contributed by atoms with Crippen molar-refractivity contribution in [3.63, 3.8) is 0 Å². The van der Waals surface area contributed by atoms with Crippen LogP contribution < -0.4 is 5.32 Å². The summed E-state index contributed by atoms with van der Waals surface area (Å²) in [5, 5.41) is 20.9. The molecule has 1 amide bonds. The maximum atomic E-state index is 11.0. The molecule has 0 spiro atoms. The van der Waals surface area contributed by atoms with Gasteiger partial charge in [-0.25, -0.2) is 4.79 Å². The van der Waals surface area contributed by atoms with Crippen LogP contribution in [-0.4, -0.2) is 28.1 Å². The quantitative estimate of drug-likeness (QED) is 0.580. The van der Waals surface area contributed by atoms with Crippen LogP contribution in [0.25, 0.3) is 0 Å². The van der Waals surface area contributed by atoms with E-state index in [0.717, 1.165) is 9.13 Å². The Kier molecular flexibility index (Phi) is 5.63. The summed E-state index contributed by atoms with van der Waals surface area (Å²) in [4.78, 5) is 22.0. The van der Waals surface area contributed by atoms with Crippen LogP contribution in [0.1, 0.15) is 12.5 Å². The molecule has 0 aliphatic carbocycles. The lowest BCUT2D eigenvalue weighted by molar-refractivity contribution is -0.141. The predicted molar refractivity (Wildman–Crippen MR) is 82.5 cm³/mol. The normalized spacial score (nSPS) is 11.9. The molecule has 1 aromatic rings. The minimum Gasteiger partial charge on any atom is -0.507 e. The van der Waals surface area contributed by atoms with Gasteiger partial charge in [-0.05, 0) is 56.8 Å². The summed E-state index contributed by atoms with van der Waals surface area (Å²) in [5.74, 6) is -1.30. The Bertz CT molecular complexity index is 490. The van der Waals surface area contributed by atoms with E-state index in [4.69, 9.17) is 5.11 Å². The first-order valence-electron chi connectivity index (χ1n) is 4.98. The van der Waals surface area contributed by atoms with Crippen LogP contribution in [0.5, 0.6) is 5.75 Å². The Balaban J connectivity index is 2.98. The number of hydrogen-bond donors (Lipinski definition) is 3. The molecule has 1 rings (SSSR count). The number of halogens is 2. The van der Waals surface area contributed by atoms with Crippen molar-refractivity contribution < 1.29 is 19.8 Å². The smallest absolute Gasteiger partial charge is 0.326 e. The fourth-order valence-electron chi connectivity index (χ4n) is 1.40. The molecule has 0 saturated heterocycles. The highest BCUT2D eigenvalue weighted by molar-refractivity contribution is 14.1. The van der Waals surface area contributed by atoms with E-state index in [0.29, 0.717) is 3.57 Å². The lowest BCUT2D eigenvalue weighted by Gasteiger charge is -2.15. The van der Waals surface area contributed by atoms with Crippen LogP contribution in [0, 0.1) is 7.14 Å². The third kappa shape index (κ3) is 3.97. The summed E-state index contributed by atoms with van der Waals surface area (Å²) in [6.45, 7) is 1.28. The van der Waals surface area contributed by atoms with Crippen LogP contribution in [0.4, 0.5) is 0 Å². The topological polar surface area (TPSA) is 86.6 Å². The van der Waals surface area contributed by atoms with Gasteiger partial charge in [0.1, 0.15) is 11.8 Å². The number of nitrogens with one attached hydrogen (secondary N) is 1. The number of amides is 1. The number of benzene rings is 1. The first-order chi connectivity index (χ1) is 8.32. The molecule has 0 heterocycles. The monoisotopic (exact) mass is 475 g/mol. The van der Waals surface area contributed by atoms with Crippen molar-refractivity contribution in [3.8, 4) is 5.75 Å². The van der Waals surface area contributed by atoms with Gasteiger partial charge in [-0.3, -0.25) is 4.79 Å². The van der Waals surface area contributed by atoms with Gasteiger partial charge < -0.3 is 15.5 Å². The highest BCUT2D eigenvalue weighted by atomic mass is 127. The molecule has 0 bridgehead atoms. The van der Waals surface area contributed by atoms with Crippen molar-refractivity contribution >= 4 is 57.1 Å². The fraction of sp³-hybridized carbons (Fsp3) is 0.273. The zero-order valence-electron chi connectivity index (χ0n) is 9.41. The second-order valence-electron chi connectivity index (χ2n) is 3.67. The van der Waals surface area contributed by atoms with Gasteiger partial charge in [0.15, 0.2) is 0 Å². The van der Waals surface area contributed by atoms with Gasteiger partial charge >= 0.3 is 5.97 Å². The average molecular weight is 475 g/mol. The SMILES string of the molecule is CC(=O)NC(Cc1ccc(O)c(I)c1I)C(=O)O. The second kappa shape index (κ2) is 6.55. The van der Waals surface area contributed by atoms with Crippen LogP contribution >= 0.6 is 45.2 Å². The van der Waals surface area contributed by atoms with Crippen LogP contribution in [0.2, 0.25) is 0 Å². The minimum absolute atomic E-state index is 0.162. The summed E-state index contributed by atoms with van der Waals surface area (Å²) in [5.41, 5.74) is 0.777. The van der Waals surface area contributed by atoms with Gasteiger partial charge in [0, 0.05) is 16.9 Å². The highest BCUT2D eigenvalue weighted by Crippen LogP contribution is 2.28. The van der Waals surface area contributed by atoms with E-state index in [1.54, 1.807) is 6.07 Å². The number of aromatic hydroxyl groups is 1. The number of carbonyl (C=O) groups is 2. The Hall–Kier alpha value is -0.580. The van der Waals surface area contributed by atoms with E-state index >= 15 is 0 Å². The molecule has 0 aliphatic heterocycles. The largest absolute Gasteiger partial charge is 0.507 e. The number of carboxylic acids is 1. The van der Waals surface area contributed by atoms with E-state index in [2.05, 4.69) is 5.32 Å². The molecule has 0 fully saturated rings. The van der Waals surface area contributed by atoms with Crippen LogP contribution in [0.3, 0.4) is 0 Å². The summed E-state index contributed by atoms with van der Waals surface area (Å²) in [6, 6.07) is 2.22. The number of aliphatic carboxylic acids is 1. The van der Waals surface area contributed by atoms with E-state index in [-0.39, 0.29) is 18.1 Å². The van der Waals surface area contributed by atoms with Gasteiger partial charge in [0.2, 0.25) is 5.91 Å². The number of rotatable bonds is 4. The standard InChI is InChI=1S/C11H11I2NO4/c1-5(15)14-7(11(17)18)4-6-2-3-8(16)10(13)9(6)12/h2-3,7,16H,4H2,1H3,(H,14,15)(H,17,18). The predicted octanol–water partition coefficient (Wildman–Crippen LogP) is 1.73. The van der Waals surface area contributed by atoms with Crippen molar-refractivity contribution in [2.45, 2.75) is 19.4 Å². The van der Waals surface area contributed by atoms with Crippen molar-refractivity contribution in [2.24, 2.45) is 0 Å². The van der Waals surface area contributed by atoms with E-state index in [9.17, 15) is 14.7 Å². The number of hydrogen-bond acceptors (Lipinski definition) is 3. The third-order valence-electron chi connectivity index (χ3n) is 2.24. The molecule has 1 atom stereocenters. The molecule has 0 radical (unpaired) electrons. The molecular formula is C11H11I2NO4. The highest BCUT2D eigenvalue weighted by Gasteiger charge is 2.21. The van der Waals surface area contributed by atoms with E-state index in [1.165, 1.54) is 13.0 Å². The van der Waals surface area contributed by atoms with Crippen LogP contribution in [-0.2, 0) is 16.0 Å². The zero-order chi connectivity index (χ0) is 13.9. The third-order valence-corrected chi connectivity index (χ3v) is 5.60. The first kappa shape index (κ1) is 15.5. The summed E-state index contributed by atoms with van der Waals surface area (Å²) in [7, 11) is 0. The number of carboxylic acid groups (broad SMARTS) is 1. The summed E-state index contributed by atoms with van der Waals surface area (Å²) in [6.07, 6.45) is 0.184. The molecule has 1 unspecified atom stereocenters. The van der Waals surface area contributed by atoms with Crippen molar-refractivity contribution in [3.05, 3.63) is 24.8 Å². The van der Waals surface area contributed by atoms with Crippen molar-refractivity contribution in [2.75, 3.05) is 0 Å². The minimum atomic E-state index is -1.08. The number of phenolic OH excluding ortho intramolecular Hbond substituents is 1. The van der Waals surface area contributed by atoms with Crippen LogP contribution in [0.15, 0.2) is 12.1 Å². The van der Waals surface area contributed by atoms with Crippen molar-refractivity contribution in [1.29, 1.82) is 0 Å². The molecule has 5 nitrogen and oxygen atoms in total. The van der Waals surface area contributed by atoms with Gasteiger partial charge in [0.05, 0.1) is 3.57 Å². The van der Waals surface area contributed by atoms with E-state index < -0.39 is 12.0 Å². The number of carbonyl (C=O) groups excluding carboxylic acids is 1. The van der Waals surface area contributed by atoms with Gasteiger partial charge in [-0.2, -0.15) is 0 Å². The van der Waals surface area contributed by atoms with Gasteiger partial charge in [-0.1, -0.05) is 6.07 Å².